The number of esters is 1. The number of hydrogen-bond acceptors (Lipinski definition) is 3. The van der Waals surface area contributed by atoms with Crippen molar-refractivity contribution in [1.82, 2.24) is 10.6 Å². The Morgan fingerprint density at radius 1 is 1.30 bits per heavy atom. The van der Waals surface area contributed by atoms with Gasteiger partial charge in [-0.3, -0.25) is 0 Å². The van der Waals surface area contributed by atoms with E-state index in [4.69, 9.17) is 27.9 Å². The van der Waals surface area contributed by atoms with E-state index < -0.39 is 12.0 Å². The highest BCUT2D eigenvalue weighted by molar-refractivity contribution is 6.42. The van der Waals surface area contributed by atoms with Gasteiger partial charge in [0.2, 0.25) is 0 Å². The second-order valence-corrected chi connectivity index (χ2v) is 6.05. The van der Waals surface area contributed by atoms with Crippen molar-refractivity contribution in [3.8, 4) is 0 Å². The molecule has 0 bridgehead atoms. The van der Waals surface area contributed by atoms with Crippen LogP contribution in [0.3, 0.4) is 0 Å². The molecule has 1 aliphatic heterocycles. The van der Waals surface area contributed by atoms with E-state index in [1.165, 1.54) is 0 Å². The van der Waals surface area contributed by atoms with Gasteiger partial charge >= 0.3 is 12.0 Å². The Labute approximate surface area is 145 Å². The Balaban J connectivity index is 2.33. The molecule has 0 saturated carbocycles. The molecule has 1 aromatic carbocycles. The zero-order valence-corrected chi connectivity index (χ0v) is 14.4. The minimum absolute atomic E-state index is 0.341. The summed E-state index contributed by atoms with van der Waals surface area (Å²) in [6, 6.07) is 3.96. The number of nitrogens with one attached hydrogen (secondary N) is 2. The predicted octanol–water partition coefficient (Wildman–Crippen LogP) is 3.96. The molecule has 0 radical (unpaired) electrons. The molecule has 2 amide bonds. The third kappa shape index (κ3) is 4.18. The average Bonchev–Trinajstić information content (AvgIpc) is 2.49. The van der Waals surface area contributed by atoms with Crippen LogP contribution in [0.15, 0.2) is 29.5 Å². The van der Waals surface area contributed by atoms with Crippen molar-refractivity contribution in [2.45, 2.75) is 32.7 Å². The monoisotopic (exact) mass is 356 g/mol. The summed E-state index contributed by atoms with van der Waals surface area (Å²) in [6.07, 6.45) is 1.71. The van der Waals surface area contributed by atoms with Gasteiger partial charge in [0.25, 0.3) is 0 Å². The molecular weight excluding hydrogens is 339 g/mol. The number of amides is 2. The first-order chi connectivity index (χ1) is 10.9. The van der Waals surface area contributed by atoms with E-state index in [0.29, 0.717) is 33.5 Å². The lowest BCUT2D eigenvalue weighted by Gasteiger charge is -2.28. The minimum atomic E-state index is -0.632. The Morgan fingerprint density at radius 3 is 2.70 bits per heavy atom. The maximum atomic E-state index is 12.4. The number of unbranched alkanes of at least 4 members (excludes halogenated alkanes) is 1. The van der Waals surface area contributed by atoms with Crippen LogP contribution in [0, 0.1) is 0 Å². The Kier molecular flexibility index (Phi) is 5.91. The van der Waals surface area contributed by atoms with Gasteiger partial charge < -0.3 is 15.4 Å². The summed E-state index contributed by atoms with van der Waals surface area (Å²) < 4.78 is 5.29. The summed E-state index contributed by atoms with van der Waals surface area (Å²) in [5.74, 6) is -0.459. The Hall–Kier alpha value is -1.72. The van der Waals surface area contributed by atoms with E-state index in [9.17, 15) is 9.59 Å². The first-order valence-corrected chi connectivity index (χ1v) is 8.10. The van der Waals surface area contributed by atoms with Crippen molar-refractivity contribution in [2.75, 3.05) is 6.61 Å². The molecule has 7 heteroatoms. The van der Waals surface area contributed by atoms with Gasteiger partial charge in [-0.1, -0.05) is 42.6 Å². The van der Waals surface area contributed by atoms with Crippen LogP contribution >= 0.6 is 23.2 Å². The van der Waals surface area contributed by atoms with Crippen molar-refractivity contribution < 1.29 is 14.3 Å². The number of halogens is 2. The lowest BCUT2D eigenvalue weighted by atomic mass is 9.95. The molecule has 0 aromatic heterocycles. The second kappa shape index (κ2) is 7.70. The highest BCUT2D eigenvalue weighted by atomic mass is 35.5. The number of benzene rings is 1. The van der Waals surface area contributed by atoms with Gasteiger partial charge in [-0.05, 0) is 31.0 Å². The van der Waals surface area contributed by atoms with Gasteiger partial charge in [0.1, 0.15) is 0 Å². The van der Waals surface area contributed by atoms with Gasteiger partial charge in [0.15, 0.2) is 0 Å². The molecule has 5 nitrogen and oxygen atoms in total. The summed E-state index contributed by atoms with van der Waals surface area (Å²) in [4.78, 5) is 24.2. The van der Waals surface area contributed by atoms with Crippen LogP contribution in [0.4, 0.5) is 4.79 Å². The molecule has 0 fully saturated rings. The molecule has 2 rings (SSSR count). The molecular formula is C16H18Cl2N2O3. The molecule has 1 aliphatic rings. The second-order valence-electron chi connectivity index (χ2n) is 5.23. The summed E-state index contributed by atoms with van der Waals surface area (Å²) in [5.41, 5.74) is 1.49. The molecule has 1 heterocycles. The lowest BCUT2D eigenvalue weighted by Crippen LogP contribution is -2.45. The third-order valence-electron chi connectivity index (χ3n) is 3.50. The van der Waals surface area contributed by atoms with E-state index in [0.717, 1.165) is 12.8 Å². The fourth-order valence-corrected chi connectivity index (χ4v) is 2.60. The molecule has 1 atom stereocenters. The Bertz CT molecular complexity index is 659. The van der Waals surface area contributed by atoms with Gasteiger partial charge in [-0.2, -0.15) is 0 Å². The maximum Gasteiger partial charge on any atom is 0.338 e. The smallest absolute Gasteiger partial charge is 0.338 e. The van der Waals surface area contributed by atoms with Crippen LogP contribution in [-0.2, 0) is 9.53 Å². The van der Waals surface area contributed by atoms with Gasteiger partial charge in [-0.15, -0.1) is 0 Å². The number of urea groups is 1. The average molecular weight is 357 g/mol. The number of allylic oxidation sites excluding steroid dienone is 1. The van der Waals surface area contributed by atoms with E-state index >= 15 is 0 Å². The van der Waals surface area contributed by atoms with Crippen LogP contribution < -0.4 is 10.6 Å². The third-order valence-corrected chi connectivity index (χ3v) is 4.24. The molecule has 124 valence electrons. The van der Waals surface area contributed by atoms with Crippen molar-refractivity contribution >= 4 is 35.2 Å². The van der Waals surface area contributed by atoms with Crippen molar-refractivity contribution in [3.05, 3.63) is 45.1 Å². The number of rotatable bonds is 5. The van der Waals surface area contributed by atoms with Gasteiger partial charge in [0.05, 0.1) is 28.3 Å². The van der Waals surface area contributed by atoms with Crippen LogP contribution in [0.2, 0.25) is 10.0 Å². The first-order valence-electron chi connectivity index (χ1n) is 7.34. The molecule has 0 aliphatic carbocycles. The zero-order chi connectivity index (χ0) is 17.0. The van der Waals surface area contributed by atoms with E-state index in [-0.39, 0.29) is 6.03 Å². The number of carbonyl (C=O) groups is 2. The largest absolute Gasteiger partial charge is 0.462 e. The fourth-order valence-electron chi connectivity index (χ4n) is 2.29. The van der Waals surface area contributed by atoms with Crippen LogP contribution in [0.25, 0.3) is 0 Å². The highest BCUT2D eigenvalue weighted by Gasteiger charge is 2.32. The Morgan fingerprint density at radius 2 is 2.04 bits per heavy atom. The first kappa shape index (κ1) is 17.6. The molecule has 23 heavy (non-hydrogen) atoms. The van der Waals surface area contributed by atoms with Gasteiger partial charge in [0, 0.05) is 5.70 Å². The van der Waals surface area contributed by atoms with Crippen LogP contribution in [-0.4, -0.2) is 18.6 Å². The summed E-state index contributed by atoms with van der Waals surface area (Å²) in [7, 11) is 0. The number of hydrogen-bond donors (Lipinski definition) is 2. The quantitative estimate of drug-likeness (QED) is 0.619. The summed E-state index contributed by atoms with van der Waals surface area (Å²) in [5, 5.41) is 6.08. The highest BCUT2D eigenvalue weighted by Crippen LogP contribution is 2.31. The van der Waals surface area contributed by atoms with Crippen LogP contribution in [0.5, 0.6) is 0 Å². The molecule has 1 aromatic rings. The minimum Gasteiger partial charge on any atom is -0.462 e. The maximum absolute atomic E-state index is 12.4. The predicted molar refractivity (Wildman–Crippen MR) is 89.4 cm³/mol. The van der Waals surface area contributed by atoms with E-state index in [1.807, 2.05) is 6.92 Å². The van der Waals surface area contributed by atoms with Crippen molar-refractivity contribution in [2.24, 2.45) is 0 Å². The lowest BCUT2D eigenvalue weighted by molar-refractivity contribution is -0.139. The number of carbonyl (C=O) groups excluding carboxylic acids is 2. The summed E-state index contributed by atoms with van der Waals surface area (Å²) >= 11 is 12.0. The zero-order valence-electron chi connectivity index (χ0n) is 12.9. The normalized spacial score (nSPS) is 17.6. The topological polar surface area (TPSA) is 67.4 Å². The van der Waals surface area contributed by atoms with E-state index in [1.54, 1.807) is 25.1 Å². The standard InChI is InChI=1S/C16H18Cl2N2O3/c1-3-4-7-23-15(21)13-9(2)19-16(22)20-14(13)10-5-6-11(17)12(18)8-10/h5-6,8,14H,3-4,7H2,1-2H3,(H2,19,20,22)/t14-/m0/s1. The SMILES string of the molecule is CCCCOC(=O)C1=C(C)NC(=O)N[C@H]1c1ccc(Cl)c(Cl)c1. The van der Waals surface area contributed by atoms with Gasteiger partial charge in [-0.25, -0.2) is 9.59 Å². The molecule has 2 N–H and O–H groups in total. The molecule has 0 spiro atoms. The van der Waals surface area contributed by atoms with Crippen LogP contribution in [0.1, 0.15) is 38.3 Å². The summed E-state index contributed by atoms with van der Waals surface area (Å²) in [6.45, 7) is 4.02. The molecule has 0 saturated heterocycles. The van der Waals surface area contributed by atoms with Crippen molar-refractivity contribution in [3.63, 3.8) is 0 Å². The van der Waals surface area contributed by atoms with E-state index in [2.05, 4.69) is 10.6 Å². The molecule has 0 unspecified atom stereocenters. The fraction of sp³-hybridized carbons (Fsp3) is 0.375. The van der Waals surface area contributed by atoms with Crippen molar-refractivity contribution in [1.29, 1.82) is 0 Å². The number of ether oxygens (including phenoxy) is 1.